The number of aliphatic imine (C=N–C) groups is 1. The van der Waals surface area contributed by atoms with Crippen LogP contribution in [0.3, 0.4) is 0 Å². The van der Waals surface area contributed by atoms with Crippen LogP contribution in [0.15, 0.2) is 23.2 Å². The highest BCUT2D eigenvalue weighted by Gasteiger charge is 2.06. The second kappa shape index (κ2) is 12.0. The predicted octanol–water partition coefficient (Wildman–Crippen LogP) is 2.84. The molecule has 0 fully saturated rings. The van der Waals surface area contributed by atoms with E-state index in [1.54, 1.807) is 19.2 Å². The monoisotopic (exact) mass is 429 g/mol. The van der Waals surface area contributed by atoms with E-state index in [1.807, 2.05) is 6.92 Å². The van der Waals surface area contributed by atoms with Crippen LogP contribution in [0.25, 0.3) is 0 Å². The lowest BCUT2D eigenvalue weighted by Gasteiger charge is -2.12. The molecule has 0 amide bonds. The molecule has 2 N–H and O–H groups in total. The molecule has 0 saturated carbocycles. The summed E-state index contributed by atoms with van der Waals surface area (Å²) in [5, 5.41) is 6.71. The van der Waals surface area contributed by atoms with Crippen LogP contribution in [0.2, 0.25) is 5.02 Å². The molecule has 0 saturated heterocycles. The first-order valence-electron chi connectivity index (χ1n) is 6.63. The zero-order chi connectivity index (χ0) is 14.8. The van der Waals surface area contributed by atoms with Gasteiger partial charge in [-0.2, -0.15) is 0 Å². The first kappa shape index (κ1) is 20.4. The highest BCUT2D eigenvalue weighted by molar-refractivity contribution is 14.0. The Labute approximate surface area is 147 Å². The van der Waals surface area contributed by atoms with Crippen molar-refractivity contribution in [3.8, 4) is 0 Å². The Morgan fingerprint density at radius 3 is 2.76 bits per heavy atom. The molecular formula is C14H22ClFIN3O. The lowest BCUT2D eigenvalue weighted by molar-refractivity contribution is 0.208. The Morgan fingerprint density at radius 2 is 2.14 bits per heavy atom. The van der Waals surface area contributed by atoms with Gasteiger partial charge in [0.1, 0.15) is 5.82 Å². The average Bonchev–Trinajstić information content (AvgIpc) is 2.42. The van der Waals surface area contributed by atoms with Crippen molar-refractivity contribution in [3.63, 3.8) is 0 Å². The smallest absolute Gasteiger partial charge is 0.191 e. The zero-order valence-corrected chi connectivity index (χ0v) is 15.4. The Kier molecular flexibility index (Phi) is 11.7. The van der Waals surface area contributed by atoms with Crippen molar-refractivity contribution in [3.05, 3.63) is 34.6 Å². The minimum atomic E-state index is -0.277. The number of rotatable bonds is 7. The summed E-state index contributed by atoms with van der Waals surface area (Å²) in [6.07, 6.45) is 0.500. The molecule has 0 aliphatic carbocycles. The van der Waals surface area contributed by atoms with Crippen LogP contribution in [-0.4, -0.2) is 39.3 Å². The highest BCUT2D eigenvalue weighted by atomic mass is 127. The molecule has 7 heteroatoms. The fourth-order valence-electron chi connectivity index (χ4n) is 1.67. The van der Waals surface area contributed by atoms with Crippen molar-refractivity contribution in [2.45, 2.75) is 13.3 Å². The van der Waals surface area contributed by atoms with Gasteiger partial charge in [0.15, 0.2) is 5.96 Å². The molecule has 0 radical (unpaired) electrons. The van der Waals surface area contributed by atoms with Crippen LogP contribution in [0.5, 0.6) is 0 Å². The number of nitrogens with zero attached hydrogens (tertiary/aromatic N) is 1. The lowest BCUT2D eigenvalue weighted by Crippen LogP contribution is -2.38. The van der Waals surface area contributed by atoms with Gasteiger partial charge in [0, 0.05) is 30.8 Å². The fourth-order valence-corrected chi connectivity index (χ4v) is 1.93. The average molecular weight is 430 g/mol. The van der Waals surface area contributed by atoms with Crippen LogP contribution in [0.1, 0.15) is 12.5 Å². The minimum absolute atomic E-state index is 0. The van der Waals surface area contributed by atoms with Crippen LogP contribution in [-0.2, 0) is 11.2 Å². The maximum atomic E-state index is 13.6. The van der Waals surface area contributed by atoms with Crippen molar-refractivity contribution in [1.29, 1.82) is 0 Å². The Hall–Kier alpha value is -0.600. The number of methoxy groups -OCH3 is 1. The van der Waals surface area contributed by atoms with E-state index in [4.69, 9.17) is 16.3 Å². The summed E-state index contributed by atoms with van der Waals surface area (Å²) < 4.78 is 18.5. The molecule has 1 aromatic carbocycles. The van der Waals surface area contributed by atoms with Gasteiger partial charge in [0.25, 0.3) is 0 Å². The van der Waals surface area contributed by atoms with Gasteiger partial charge in [-0.05, 0) is 25.5 Å². The summed E-state index contributed by atoms with van der Waals surface area (Å²) in [6.45, 7) is 4.45. The SMILES string of the molecule is CCNC(=NCCOC)NCCc1c(F)cccc1Cl.I. The van der Waals surface area contributed by atoms with E-state index < -0.39 is 0 Å². The Morgan fingerprint density at radius 1 is 1.38 bits per heavy atom. The van der Waals surface area contributed by atoms with Gasteiger partial charge in [-0.3, -0.25) is 4.99 Å². The van der Waals surface area contributed by atoms with Gasteiger partial charge in [0.2, 0.25) is 0 Å². The Balaban J connectivity index is 0.00000400. The summed E-state index contributed by atoms with van der Waals surface area (Å²) in [4.78, 5) is 4.32. The number of benzene rings is 1. The van der Waals surface area contributed by atoms with Gasteiger partial charge in [0.05, 0.1) is 13.2 Å². The van der Waals surface area contributed by atoms with Crippen LogP contribution in [0.4, 0.5) is 4.39 Å². The third kappa shape index (κ3) is 7.82. The standard InChI is InChI=1S/C14H21ClFN3O.HI/c1-3-17-14(19-9-10-20-2)18-8-7-11-12(15)5-4-6-13(11)16;/h4-6H,3,7-10H2,1-2H3,(H2,17,18,19);1H. The van der Waals surface area contributed by atoms with E-state index in [9.17, 15) is 4.39 Å². The molecular weight excluding hydrogens is 408 g/mol. The van der Waals surface area contributed by atoms with Crippen LogP contribution >= 0.6 is 35.6 Å². The third-order valence-electron chi connectivity index (χ3n) is 2.64. The molecule has 0 unspecified atom stereocenters. The Bertz CT molecular complexity index is 426. The molecule has 0 aliphatic heterocycles. The largest absolute Gasteiger partial charge is 0.383 e. The van der Waals surface area contributed by atoms with Crippen molar-refractivity contribution >= 4 is 41.5 Å². The maximum Gasteiger partial charge on any atom is 0.191 e. The molecule has 0 bridgehead atoms. The first-order chi connectivity index (χ1) is 9.69. The summed E-state index contributed by atoms with van der Waals surface area (Å²) in [5.41, 5.74) is 0.523. The second-order valence-corrected chi connectivity index (χ2v) is 4.54. The predicted molar refractivity (Wildman–Crippen MR) is 96.4 cm³/mol. The van der Waals surface area contributed by atoms with Gasteiger partial charge in [-0.1, -0.05) is 17.7 Å². The molecule has 0 atom stereocenters. The molecule has 0 spiro atoms. The number of ether oxygens (including phenoxy) is 1. The number of guanidine groups is 1. The quantitative estimate of drug-likeness (QED) is 0.303. The van der Waals surface area contributed by atoms with Crippen molar-refractivity contribution in [1.82, 2.24) is 10.6 Å². The molecule has 21 heavy (non-hydrogen) atoms. The summed E-state index contributed by atoms with van der Waals surface area (Å²) >= 11 is 5.98. The summed E-state index contributed by atoms with van der Waals surface area (Å²) in [6, 6.07) is 4.71. The molecule has 1 aromatic rings. The molecule has 4 nitrogen and oxygen atoms in total. The zero-order valence-electron chi connectivity index (χ0n) is 12.3. The normalized spacial score (nSPS) is 11.0. The van der Waals surface area contributed by atoms with E-state index >= 15 is 0 Å². The van der Waals surface area contributed by atoms with Gasteiger partial charge in [-0.25, -0.2) is 4.39 Å². The maximum absolute atomic E-state index is 13.6. The summed E-state index contributed by atoms with van der Waals surface area (Å²) in [5.74, 6) is 0.414. The number of hydrogen-bond acceptors (Lipinski definition) is 2. The lowest BCUT2D eigenvalue weighted by atomic mass is 10.1. The second-order valence-electron chi connectivity index (χ2n) is 4.13. The summed E-state index contributed by atoms with van der Waals surface area (Å²) in [7, 11) is 1.63. The highest BCUT2D eigenvalue weighted by Crippen LogP contribution is 2.18. The molecule has 1 rings (SSSR count). The van der Waals surface area contributed by atoms with Crippen LogP contribution in [0, 0.1) is 5.82 Å². The van der Waals surface area contributed by atoms with Gasteiger partial charge >= 0.3 is 0 Å². The fraction of sp³-hybridized carbons (Fsp3) is 0.500. The van der Waals surface area contributed by atoms with E-state index in [2.05, 4.69) is 15.6 Å². The van der Waals surface area contributed by atoms with Gasteiger partial charge in [-0.15, -0.1) is 24.0 Å². The molecule has 0 aliphatic rings. The first-order valence-corrected chi connectivity index (χ1v) is 7.00. The minimum Gasteiger partial charge on any atom is -0.383 e. The number of hydrogen-bond donors (Lipinski definition) is 2. The third-order valence-corrected chi connectivity index (χ3v) is 2.99. The number of halogens is 3. The van der Waals surface area contributed by atoms with Crippen LogP contribution < -0.4 is 10.6 Å². The van der Waals surface area contributed by atoms with E-state index in [0.717, 1.165) is 6.54 Å². The number of nitrogens with one attached hydrogen (secondary N) is 2. The molecule has 120 valence electrons. The van der Waals surface area contributed by atoms with Crippen molar-refractivity contribution in [2.24, 2.45) is 4.99 Å². The van der Waals surface area contributed by atoms with Gasteiger partial charge < -0.3 is 15.4 Å². The van der Waals surface area contributed by atoms with Crippen molar-refractivity contribution in [2.75, 3.05) is 33.4 Å². The van der Waals surface area contributed by atoms with Crippen molar-refractivity contribution < 1.29 is 9.13 Å². The molecule has 0 aromatic heterocycles. The van der Waals surface area contributed by atoms with E-state index in [0.29, 0.717) is 42.7 Å². The molecule has 0 heterocycles. The van der Waals surface area contributed by atoms with E-state index in [-0.39, 0.29) is 29.8 Å². The van der Waals surface area contributed by atoms with E-state index in [1.165, 1.54) is 6.07 Å². The topological polar surface area (TPSA) is 45.7 Å².